The quantitative estimate of drug-likeness (QED) is 0.852. The van der Waals surface area contributed by atoms with E-state index in [4.69, 9.17) is 10.5 Å². The Morgan fingerprint density at radius 2 is 1.96 bits per heavy atom. The van der Waals surface area contributed by atoms with Crippen LogP contribution in [0.25, 0.3) is 0 Å². The number of carbonyl (C=O) groups is 2. The molecule has 3 rings (SSSR count). The van der Waals surface area contributed by atoms with Gasteiger partial charge in [-0.1, -0.05) is 31.4 Å². The smallest absolute Gasteiger partial charge is 0.249 e. The van der Waals surface area contributed by atoms with Crippen LogP contribution in [0.4, 0.5) is 5.69 Å². The number of rotatable bonds is 4. The third-order valence-corrected chi connectivity index (χ3v) is 5.08. The number of nitrogens with zero attached hydrogens (tertiary/aromatic N) is 1. The summed E-state index contributed by atoms with van der Waals surface area (Å²) in [6.07, 6.45) is 5.02. The van der Waals surface area contributed by atoms with E-state index in [-0.39, 0.29) is 24.2 Å². The molecule has 7 heteroatoms. The van der Waals surface area contributed by atoms with E-state index >= 15 is 0 Å². The van der Waals surface area contributed by atoms with Crippen LogP contribution in [0.15, 0.2) is 24.3 Å². The van der Waals surface area contributed by atoms with Gasteiger partial charge in [-0.2, -0.15) is 0 Å². The molecule has 25 heavy (non-hydrogen) atoms. The van der Waals surface area contributed by atoms with Crippen molar-refractivity contribution in [2.75, 3.05) is 18.6 Å². The molecule has 1 aliphatic heterocycles. The average molecular weight is 368 g/mol. The summed E-state index contributed by atoms with van der Waals surface area (Å²) >= 11 is 0. The molecule has 0 radical (unpaired) electrons. The van der Waals surface area contributed by atoms with E-state index in [1.165, 1.54) is 0 Å². The molecule has 1 heterocycles. The first-order chi connectivity index (χ1) is 11.5. The number of hydrogen-bond donors (Lipinski definition) is 2. The van der Waals surface area contributed by atoms with Gasteiger partial charge in [-0.25, -0.2) is 0 Å². The zero-order valence-electron chi connectivity index (χ0n) is 14.5. The van der Waals surface area contributed by atoms with Crippen molar-refractivity contribution in [2.45, 2.75) is 50.1 Å². The van der Waals surface area contributed by atoms with Crippen LogP contribution >= 0.6 is 12.4 Å². The van der Waals surface area contributed by atoms with Gasteiger partial charge >= 0.3 is 0 Å². The van der Waals surface area contributed by atoms with E-state index in [2.05, 4.69) is 5.32 Å². The van der Waals surface area contributed by atoms with Crippen molar-refractivity contribution in [1.82, 2.24) is 5.32 Å². The Bertz CT molecular complexity index is 632. The van der Waals surface area contributed by atoms with Crippen molar-refractivity contribution in [3.05, 3.63) is 24.3 Å². The molecule has 3 N–H and O–H groups in total. The highest BCUT2D eigenvalue weighted by Crippen LogP contribution is 2.31. The maximum Gasteiger partial charge on any atom is 0.249 e. The number of nitrogens with one attached hydrogen (secondary N) is 1. The van der Waals surface area contributed by atoms with Crippen molar-refractivity contribution in [2.24, 2.45) is 5.73 Å². The molecule has 6 nitrogen and oxygen atoms in total. The summed E-state index contributed by atoms with van der Waals surface area (Å²) in [5.41, 5.74) is 6.18. The van der Waals surface area contributed by atoms with E-state index in [1.54, 1.807) is 12.0 Å². The number of carbonyl (C=O) groups excluding carboxylic acids is 2. The molecule has 1 aliphatic carbocycles. The van der Waals surface area contributed by atoms with Gasteiger partial charge in [-0.3, -0.25) is 9.59 Å². The van der Waals surface area contributed by atoms with Crippen molar-refractivity contribution in [3.63, 3.8) is 0 Å². The molecule has 1 unspecified atom stereocenters. The van der Waals surface area contributed by atoms with Crippen molar-refractivity contribution in [3.8, 4) is 5.75 Å². The Morgan fingerprint density at radius 1 is 1.28 bits per heavy atom. The van der Waals surface area contributed by atoms with Crippen LogP contribution in [0, 0.1) is 0 Å². The minimum atomic E-state index is -0.823. The van der Waals surface area contributed by atoms with Crippen LogP contribution in [0.1, 0.15) is 38.5 Å². The van der Waals surface area contributed by atoms with Crippen LogP contribution in [0.5, 0.6) is 5.75 Å². The van der Waals surface area contributed by atoms with Gasteiger partial charge in [0.15, 0.2) is 0 Å². The van der Waals surface area contributed by atoms with E-state index in [1.807, 2.05) is 24.3 Å². The number of benzene rings is 1. The fraction of sp³-hybridized carbons (Fsp3) is 0.556. The van der Waals surface area contributed by atoms with Crippen LogP contribution in [-0.2, 0) is 9.59 Å². The molecule has 0 spiro atoms. The molecular weight excluding hydrogens is 342 g/mol. The van der Waals surface area contributed by atoms with Gasteiger partial charge in [-0.15, -0.1) is 12.4 Å². The zero-order chi connectivity index (χ0) is 17.2. The molecule has 1 atom stereocenters. The molecule has 2 fully saturated rings. The lowest BCUT2D eigenvalue weighted by molar-refractivity contribution is -0.131. The summed E-state index contributed by atoms with van der Waals surface area (Å²) in [5, 5.41) is 2.88. The summed E-state index contributed by atoms with van der Waals surface area (Å²) in [4.78, 5) is 26.9. The van der Waals surface area contributed by atoms with Gasteiger partial charge < -0.3 is 20.7 Å². The van der Waals surface area contributed by atoms with Gasteiger partial charge in [0.05, 0.1) is 18.3 Å². The Kier molecular flexibility index (Phi) is 6.30. The van der Waals surface area contributed by atoms with E-state index < -0.39 is 11.6 Å². The highest BCUT2D eigenvalue weighted by molar-refractivity contribution is 6.03. The maximum atomic E-state index is 12.7. The second-order valence-corrected chi connectivity index (χ2v) is 6.69. The van der Waals surface area contributed by atoms with Gasteiger partial charge in [-0.05, 0) is 31.4 Å². The summed E-state index contributed by atoms with van der Waals surface area (Å²) in [6, 6.07) is 6.90. The normalized spacial score (nSPS) is 22.2. The zero-order valence-corrected chi connectivity index (χ0v) is 15.3. The topological polar surface area (TPSA) is 84.7 Å². The fourth-order valence-electron chi connectivity index (χ4n) is 3.62. The molecule has 0 bridgehead atoms. The summed E-state index contributed by atoms with van der Waals surface area (Å²) < 4.78 is 5.33. The number of amides is 2. The van der Waals surface area contributed by atoms with Crippen LogP contribution in [-0.4, -0.2) is 37.0 Å². The average Bonchev–Trinajstić information content (AvgIpc) is 2.96. The minimum absolute atomic E-state index is 0. The largest absolute Gasteiger partial charge is 0.495 e. The third-order valence-electron chi connectivity index (χ3n) is 5.08. The highest BCUT2D eigenvalue weighted by Gasteiger charge is 2.40. The Labute approximate surface area is 154 Å². The molecule has 2 amide bonds. The van der Waals surface area contributed by atoms with Crippen LogP contribution in [0.2, 0.25) is 0 Å². The third kappa shape index (κ3) is 3.90. The Balaban J connectivity index is 0.00000225. The number of nitrogens with two attached hydrogens (primary N) is 1. The lowest BCUT2D eigenvalue weighted by atomic mass is 9.81. The summed E-state index contributed by atoms with van der Waals surface area (Å²) in [6.45, 7) is 0.557. The lowest BCUT2D eigenvalue weighted by Gasteiger charge is -2.32. The summed E-state index contributed by atoms with van der Waals surface area (Å²) in [5.74, 6) is 0.357. The van der Waals surface area contributed by atoms with Crippen LogP contribution < -0.4 is 20.7 Å². The molecule has 1 aromatic rings. The number of halogens is 1. The molecule has 138 valence electrons. The number of para-hydroxylation sites is 2. The first-order valence-electron chi connectivity index (χ1n) is 8.59. The lowest BCUT2D eigenvalue weighted by Crippen LogP contribution is -2.58. The number of ether oxygens (including phenoxy) is 1. The molecule has 1 aromatic carbocycles. The van der Waals surface area contributed by atoms with Gasteiger partial charge in [0.25, 0.3) is 0 Å². The Hall–Kier alpha value is -1.79. The number of hydrogen-bond acceptors (Lipinski definition) is 4. The number of methoxy groups -OCH3 is 1. The van der Waals surface area contributed by atoms with E-state index in [9.17, 15) is 9.59 Å². The second kappa shape index (κ2) is 8.06. The second-order valence-electron chi connectivity index (χ2n) is 6.69. The maximum absolute atomic E-state index is 12.7. The monoisotopic (exact) mass is 367 g/mol. The predicted molar refractivity (Wildman–Crippen MR) is 99.1 cm³/mol. The predicted octanol–water partition coefficient (Wildman–Crippen LogP) is 2.00. The van der Waals surface area contributed by atoms with Crippen molar-refractivity contribution < 1.29 is 14.3 Å². The van der Waals surface area contributed by atoms with Gasteiger partial charge in [0.2, 0.25) is 11.8 Å². The summed E-state index contributed by atoms with van der Waals surface area (Å²) in [7, 11) is 1.58. The van der Waals surface area contributed by atoms with Gasteiger partial charge in [0.1, 0.15) is 11.8 Å². The molecule has 1 saturated heterocycles. The van der Waals surface area contributed by atoms with Crippen LogP contribution in [0.3, 0.4) is 0 Å². The number of anilines is 1. The first-order valence-corrected chi connectivity index (χ1v) is 8.59. The van der Waals surface area contributed by atoms with E-state index in [0.717, 1.165) is 24.9 Å². The van der Waals surface area contributed by atoms with Crippen molar-refractivity contribution >= 4 is 29.9 Å². The molecular formula is C18H26ClN3O3. The highest BCUT2D eigenvalue weighted by atomic mass is 35.5. The Morgan fingerprint density at radius 3 is 2.64 bits per heavy atom. The van der Waals surface area contributed by atoms with Crippen molar-refractivity contribution in [1.29, 1.82) is 0 Å². The molecule has 2 aliphatic rings. The fourth-order valence-corrected chi connectivity index (χ4v) is 3.62. The SMILES string of the molecule is COc1ccccc1N1CCC(NC(=O)C2(N)CCCCC2)C1=O.Cl. The minimum Gasteiger partial charge on any atom is -0.495 e. The first kappa shape index (κ1) is 19.5. The standard InChI is InChI=1S/C18H25N3O3.ClH/c1-24-15-8-4-3-7-14(15)21-12-9-13(16(21)22)20-17(23)18(19)10-5-2-6-11-18;/h3-4,7-8,13H,2,5-6,9-12,19H2,1H3,(H,20,23);1H. The molecule has 1 saturated carbocycles. The van der Waals surface area contributed by atoms with E-state index in [0.29, 0.717) is 31.6 Å². The molecule has 0 aromatic heterocycles. The van der Waals surface area contributed by atoms with Gasteiger partial charge in [0, 0.05) is 6.54 Å².